The molecule has 1 aliphatic carbocycles. The van der Waals surface area contributed by atoms with Gasteiger partial charge in [0.25, 0.3) is 0 Å². The lowest BCUT2D eigenvalue weighted by Gasteiger charge is -2.10. The lowest BCUT2D eigenvalue weighted by molar-refractivity contribution is -0.113. The Morgan fingerprint density at radius 2 is 2.15 bits per heavy atom. The summed E-state index contributed by atoms with van der Waals surface area (Å²) in [5, 5.41) is 0. The highest BCUT2D eigenvalue weighted by Crippen LogP contribution is 2.18. The Morgan fingerprint density at radius 1 is 1.46 bits per heavy atom. The van der Waals surface area contributed by atoms with Crippen molar-refractivity contribution in [3.63, 3.8) is 0 Å². The van der Waals surface area contributed by atoms with Gasteiger partial charge in [-0.3, -0.25) is 4.79 Å². The van der Waals surface area contributed by atoms with Crippen molar-refractivity contribution < 1.29 is 13.2 Å². The monoisotopic (exact) mass is 202 g/mol. The van der Waals surface area contributed by atoms with Gasteiger partial charge in [0.1, 0.15) is 5.75 Å². The number of allylic oxidation sites excluding steroid dienone is 2. The van der Waals surface area contributed by atoms with Gasteiger partial charge in [-0.05, 0) is 31.3 Å². The molecule has 0 amide bonds. The van der Waals surface area contributed by atoms with Crippen molar-refractivity contribution >= 4 is 15.6 Å². The third-order valence-corrected chi connectivity index (χ3v) is 2.83. The van der Waals surface area contributed by atoms with Crippen molar-refractivity contribution in [2.75, 3.05) is 12.0 Å². The molecular formula is C9H14O3S. The number of Topliss-reactive ketones (excluding diaryl/α,β-unsaturated/α-hetero) is 1. The molecule has 0 bridgehead atoms. The number of carbonyl (C=O) groups is 1. The molecule has 0 fully saturated rings. The van der Waals surface area contributed by atoms with Crippen molar-refractivity contribution in [1.29, 1.82) is 0 Å². The molecular weight excluding hydrogens is 188 g/mol. The van der Waals surface area contributed by atoms with E-state index in [1.165, 1.54) is 0 Å². The van der Waals surface area contributed by atoms with Gasteiger partial charge in [0.2, 0.25) is 0 Å². The summed E-state index contributed by atoms with van der Waals surface area (Å²) in [4.78, 5) is 11.4. The van der Waals surface area contributed by atoms with Crippen LogP contribution < -0.4 is 0 Å². The second-order valence-electron chi connectivity index (χ2n) is 3.47. The van der Waals surface area contributed by atoms with Gasteiger partial charge in [0, 0.05) is 6.26 Å². The van der Waals surface area contributed by atoms with Crippen molar-refractivity contribution in [2.45, 2.75) is 25.7 Å². The maximum atomic E-state index is 11.4. The molecule has 3 nitrogen and oxygen atoms in total. The first-order chi connectivity index (χ1) is 5.99. The van der Waals surface area contributed by atoms with E-state index in [9.17, 15) is 13.2 Å². The molecule has 0 heterocycles. The van der Waals surface area contributed by atoms with Crippen molar-refractivity contribution in [2.24, 2.45) is 0 Å². The van der Waals surface area contributed by atoms with E-state index in [0.717, 1.165) is 31.9 Å². The second kappa shape index (κ2) is 4.05. The largest absolute Gasteiger partial charge is 0.293 e. The average molecular weight is 202 g/mol. The number of ketones is 1. The molecule has 13 heavy (non-hydrogen) atoms. The fraction of sp³-hybridized carbons (Fsp3) is 0.667. The highest BCUT2D eigenvalue weighted by atomic mass is 32.2. The van der Waals surface area contributed by atoms with Gasteiger partial charge in [-0.15, -0.1) is 0 Å². The second-order valence-corrected chi connectivity index (χ2v) is 5.61. The summed E-state index contributed by atoms with van der Waals surface area (Å²) in [6, 6.07) is 0. The van der Waals surface area contributed by atoms with Gasteiger partial charge in [-0.2, -0.15) is 0 Å². The molecule has 0 aromatic carbocycles. The first kappa shape index (κ1) is 10.4. The molecule has 0 aromatic heterocycles. The van der Waals surface area contributed by atoms with Gasteiger partial charge in [0.15, 0.2) is 15.6 Å². The quantitative estimate of drug-likeness (QED) is 0.688. The summed E-state index contributed by atoms with van der Waals surface area (Å²) in [5.41, 5.74) is 0.705. The molecule has 1 aliphatic rings. The van der Waals surface area contributed by atoms with Crippen molar-refractivity contribution in [3.8, 4) is 0 Å². The average Bonchev–Trinajstić information content (AvgIpc) is 2.03. The van der Waals surface area contributed by atoms with Crippen LogP contribution in [0.4, 0.5) is 0 Å². The number of carbonyl (C=O) groups excluding carboxylic acids is 1. The number of hydrogen-bond donors (Lipinski definition) is 0. The predicted octanol–water partition coefficient (Wildman–Crippen LogP) is 1.10. The summed E-state index contributed by atoms with van der Waals surface area (Å²) in [6.07, 6.45) is 6.72. The standard InChI is InChI=1S/C9H14O3S/c1-13(11,12)7-9(10)8-5-3-2-4-6-8/h5H,2-4,6-7H2,1H3. The number of hydrogen-bond acceptors (Lipinski definition) is 3. The zero-order chi connectivity index (χ0) is 9.90. The van der Waals surface area contributed by atoms with Crippen LogP contribution in [0.3, 0.4) is 0 Å². The molecule has 1 rings (SSSR count). The van der Waals surface area contributed by atoms with Crippen LogP contribution in [-0.4, -0.2) is 26.2 Å². The van der Waals surface area contributed by atoms with E-state index in [4.69, 9.17) is 0 Å². The summed E-state index contributed by atoms with van der Waals surface area (Å²) >= 11 is 0. The highest BCUT2D eigenvalue weighted by Gasteiger charge is 2.16. The Hall–Kier alpha value is -0.640. The third-order valence-electron chi connectivity index (χ3n) is 2.04. The Kier molecular flexibility index (Phi) is 3.25. The minimum atomic E-state index is -3.16. The van der Waals surface area contributed by atoms with E-state index in [-0.39, 0.29) is 11.5 Å². The van der Waals surface area contributed by atoms with Crippen molar-refractivity contribution in [3.05, 3.63) is 11.6 Å². The fourth-order valence-electron chi connectivity index (χ4n) is 1.42. The van der Waals surface area contributed by atoms with Crippen molar-refractivity contribution in [1.82, 2.24) is 0 Å². The summed E-state index contributed by atoms with van der Waals surface area (Å²) < 4.78 is 21.7. The van der Waals surface area contributed by atoms with Crippen LogP contribution >= 0.6 is 0 Å². The normalized spacial score (nSPS) is 18.1. The van der Waals surface area contributed by atoms with E-state index in [1.807, 2.05) is 6.08 Å². The maximum absolute atomic E-state index is 11.4. The van der Waals surface area contributed by atoms with E-state index in [0.29, 0.717) is 5.57 Å². The minimum Gasteiger partial charge on any atom is -0.293 e. The Morgan fingerprint density at radius 3 is 2.62 bits per heavy atom. The zero-order valence-corrected chi connectivity index (χ0v) is 8.56. The van der Waals surface area contributed by atoms with Gasteiger partial charge in [0.05, 0.1) is 0 Å². The molecule has 0 saturated heterocycles. The van der Waals surface area contributed by atoms with E-state index < -0.39 is 9.84 Å². The highest BCUT2D eigenvalue weighted by molar-refractivity contribution is 7.91. The molecule has 0 spiro atoms. The lowest BCUT2D eigenvalue weighted by atomic mass is 9.97. The SMILES string of the molecule is CS(=O)(=O)CC(=O)C1=CCCCC1. The van der Waals surface area contributed by atoms with Crippen LogP contribution in [0, 0.1) is 0 Å². The molecule has 0 unspecified atom stereocenters. The first-order valence-corrected chi connectivity index (χ1v) is 6.45. The number of rotatable bonds is 3. The third kappa shape index (κ3) is 3.72. The molecule has 74 valence electrons. The summed E-state index contributed by atoms with van der Waals surface area (Å²) in [6.45, 7) is 0. The van der Waals surface area contributed by atoms with Gasteiger partial charge in [-0.25, -0.2) is 8.42 Å². The molecule has 0 radical (unpaired) electrons. The fourth-order valence-corrected chi connectivity index (χ4v) is 2.08. The molecule has 0 atom stereocenters. The van der Waals surface area contributed by atoms with Crippen LogP contribution in [0.25, 0.3) is 0 Å². The van der Waals surface area contributed by atoms with Crippen LogP contribution in [0.2, 0.25) is 0 Å². The molecule has 0 aliphatic heterocycles. The van der Waals surface area contributed by atoms with Crippen LogP contribution in [0.1, 0.15) is 25.7 Å². The van der Waals surface area contributed by atoms with Gasteiger partial charge >= 0.3 is 0 Å². The van der Waals surface area contributed by atoms with E-state index in [2.05, 4.69) is 0 Å². The van der Waals surface area contributed by atoms with Gasteiger partial charge < -0.3 is 0 Å². The molecule has 4 heteroatoms. The van der Waals surface area contributed by atoms with E-state index in [1.54, 1.807) is 0 Å². The van der Waals surface area contributed by atoms with Crippen LogP contribution in [0.15, 0.2) is 11.6 Å². The Labute approximate surface area is 78.8 Å². The number of sulfone groups is 1. The smallest absolute Gasteiger partial charge is 0.173 e. The lowest BCUT2D eigenvalue weighted by Crippen LogP contribution is -2.17. The topological polar surface area (TPSA) is 51.2 Å². The summed E-state index contributed by atoms with van der Waals surface area (Å²) in [7, 11) is -3.16. The van der Waals surface area contributed by atoms with E-state index >= 15 is 0 Å². The Bertz CT molecular complexity index is 325. The Balaban J connectivity index is 2.62. The molecule has 0 saturated carbocycles. The molecule has 0 N–H and O–H groups in total. The van der Waals surface area contributed by atoms with Gasteiger partial charge in [-0.1, -0.05) is 6.08 Å². The summed E-state index contributed by atoms with van der Waals surface area (Å²) in [5.74, 6) is -0.555. The first-order valence-electron chi connectivity index (χ1n) is 4.39. The zero-order valence-electron chi connectivity index (χ0n) is 7.75. The van der Waals surface area contributed by atoms with Crippen LogP contribution in [-0.2, 0) is 14.6 Å². The molecule has 0 aromatic rings. The van der Waals surface area contributed by atoms with Crippen LogP contribution in [0.5, 0.6) is 0 Å². The maximum Gasteiger partial charge on any atom is 0.173 e. The predicted molar refractivity (Wildman–Crippen MR) is 51.3 cm³/mol. The minimum absolute atomic E-state index is 0.220.